The van der Waals surface area contributed by atoms with Crippen LogP contribution in [0, 0.1) is 0 Å². The van der Waals surface area contributed by atoms with E-state index in [4.69, 9.17) is 19.9 Å². The molecule has 2 aromatic carbocycles. The van der Waals surface area contributed by atoms with Crippen molar-refractivity contribution in [2.45, 2.75) is 51.4 Å². The molecule has 1 saturated carbocycles. The highest BCUT2D eigenvalue weighted by Gasteiger charge is 2.21. The Balaban J connectivity index is 1.74. The number of hydrogen-bond donors (Lipinski definition) is 2. The zero-order valence-corrected chi connectivity index (χ0v) is 16.4. The SMILES string of the molecule is COc1ccc(CNc2ccc(C(C)OC(N)=O)c(OC3CCCC3)c2)cc1. The van der Waals surface area contributed by atoms with Gasteiger partial charge in [-0.25, -0.2) is 4.79 Å². The van der Waals surface area contributed by atoms with E-state index in [0.29, 0.717) is 6.54 Å². The number of nitrogens with two attached hydrogens (primary N) is 1. The van der Waals surface area contributed by atoms with Crippen molar-refractivity contribution in [3.63, 3.8) is 0 Å². The number of ether oxygens (including phenoxy) is 3. The lowest BCUT2D eigenvalue weighted by Crippen LogP contribution is -2.18. The van der Waals surface area contributed by atoms with E-state index in [-0.39, 0.29) is 6.10 Å². The van der Waals surface area contributed by atoms with Crippen LogP contribution < -0.4 is 20.5 Å². The third-order valence-corrected chi connectivity index (χ3v) is 5.00. The van der Waals surface area contributed by atoms with Gasteiger partial charge in [-0.2, -0.15) is 0 Å². The summed E-state index contributed by atoms with van der Waals surface area (Å²) in [5.41, 5.74) is 8.09. The lowest BCUT2D eigenvalue weighted by molar-refractivity contribution is 0.112. The molecule has 3 N–H and O–H groups in total. The molecule has 6 nitrogen and oxygen atoms in total. The van der Waals surface area contributed by atoms with E-state index in [9.17, 15) is 4.79 Å². The first kappa shape index (κ1) is 19.9. The summed E-state index contributed by atoms with van der Waals surface area (Å²) in [6.45, 7) is 2.48. The number of amides is 1. The first-order valence-corrected chi connectivity index (χ1v) is 9.68. The smallest absolute Gasteiger partial charge is 0.405 e. The molecule has 6 heteroatoms. The fourth-order valence-corrected chi connectivity index (χ4v) is 3.45. The summed E-state index contributed by atoms with van der Waals surface area (Å²) in [5, 5.41) is 3.42. The molecule has 150 valence electrons. The molecule has 28 heavy (non-hydrogen) atoms. The van der Waals surface area contributed by atoms with E-state index in [0.717, 1.165) is 41.2 Å². The molecule has 0 saturated heterocycles. The minimum Gasteiger partial charge on any atom is -0.497 e. The largest absolute Gasteiger partial charge is 0.497 e. The molecule has 2 aromatic rings. The van der Waals surface area contributed by atoms with Crippen molar-refractivity contribution in [3.05, 3.63) is 53.6 Å². The molecule has 0 bridgehead atoms. The Labute approximate surface area is 166 Å². The van der Waals surface area contributed by atoms with Gasteiger partial charge in [0.15, 0.2) is 0 Å². The summed E-state index contributed by atoms with van der Waals surface area (Å²) in [6.07, 6.45) is 3.41. The van der Waals surface area contributed by atoms with E-state index in [2.05, 4.69) is 5.32 Å². The maximum absolute atomic E-state index is 11.1. The van der Waals surface area contributed by atoms with Crippen molar-refractivity contribution in [3.8, 4) is 11.5 Å². The molecular formula is C22H28N2O4. The predicted octanol–water partition coefficient (Wildman–Crippen LogP) is 4.79. The normalized spacial score (nSPS) is 15.1. The van der Waals surface area contributed by atoms with Gasteiger partial charge >= 0.3 is 6.09 Å². The van der Waals surface area contributed by atoms with E-state index in [1.165, 1.54) is 12.8 Å². The summed E-state index contributed by atoms with van der Waals surface area (Å²) < 4.78 is 16.6. The maximum Gasteiger partial charge on any atom is 0.405 e. The number of carbonyl (C=O) groups excluding carboxylic acids is 1. The second-order valence-electron chi connectivity index (χ2n) is 7.06. The molecule has 0 aromatic heterocycles. The second-order valence-corrected chi connectivity index (χ2v) is 7.06. The number of carbonyl (C=O) groups is 1. The van der Waals surface area contributed by atoms with Gasteiger partial charge in [0.25, 0.3) is 0 Å². The molecule has 1 aliphatic carbocycles. The molecule has 1 atom stereocenters. The molecule has 0 aliphatic heterocycles. The number of hydrogen-bond acceptors (Lipinski definition) is 5. The summed E-state index contributed by atoms with van der Waals surface area (Å²) in [4.78, 5) is 11.1. The number of benzene rings is 2. The van der Waals surface area contributed by atoms with Crippen molar-refractivity contribution in [2.75, 3.05) is 12.4 Å². The Kier molecular flexibility index (Phi) is 6.63. The number of anilines is 1. The summed E-state index contributed by atoms with van der Waals surface area (Å²) >= 11 is 0. The van der Waals surface area contributed by atoms with Gasteiger partial charge in [-0.1, -0.05) is 12.1 Å². The van der Waals surface area contributed by atoms with Crippen LogP contribution in [0.15, 0.2) is 42.5 Å². The van der Waals surface area contributed by atoms with Crippen molar-refractivity contribution >= 4 is 11.8 Å². The quantitative estimate of drug-likeness (QED) is 0.684. The Morgan fingerprint density at radius 1 is 1.18 bits per heavy atom. The lowest BCUT2D eigenvalue weighted by atomic mass is 10.1. The molecule has 0 radical (unpaired) electrons. The highest BCUT2D eigenvalue weighted by molar-refractivity contribution is 5.65. The van der Waals surface area contributed by atoms with Crippen LogP contribution in [0.5, 0.6) is 11.5 Å². The van der Waals surface area contributed by atoms with Crippen LogP contribution in [0.4, 0.5) is 10.5 Å². The summed E-state index contributed by atoms with van der Waals surface area (Å²) in [5.74, 6) is 1.57. The fourth-order valence-electron chi connectivity index (χ4n) is 3.45. The van der Waals surface area contributed by atoms with Crippen molar-refractivity contribution in [1.29, 1.82) is 0 Å². The van der Waals surface area contributed by atoms with Crippen molar-refractivity contribution in [1.82, 2.24) is 0 Å². The second kappa shape index (κ2) is 9.35. The average Bonchev–Trinajstić information content (AvgIpc) is 3.19. The van der Waals surface area contributed by atoms with Crippen LogP contribution in [0.2, 0.25) is 0 Å². The predicted molar refractivity (Wildman–Crippen MR) is 109 cm³/mol. The molecule has 1 aliphatic rings. The minimum absolute atomic E-state index is 0.205. The van der Waals surface area contributed by atoms with Gasteiger partial charge in [0, 0.05) is 23.9 Å². The Hall–Kier alpha value is -2.89. The van der Waals surface area contributed by atoms with Crippen LogP contribution in [0.25, 0.3) is 0 Å². The highest BCUT2D eigenvalue weighted by Crippen LogP contribution is 2.34. The van der Waals surface area contributed by atoms with Crippen molar-refractivity contribution < 1.29 is 19.0 Å². The Morgan fingerprint density at radius 3 is 2.54 bits per heavy atom. The monoisotopic (exact) mass is 384 g/mol. The zero-order valence-electron chi connectivity index (χ0n) is 16.4. The van der Waals surface area contributed by atoms with Gasteiger partial charge in [0.05, 0.1) is 13.2 Å². The van der Waals surface area contributed by atoms with Gasteiger partial charge < -0.3 is 25.3 Å². The van der Waals surface area contributed by atoms with Crippen LogP contribution in [-0.2, 0) is 11.3 Å². The van der Waals surface area contributed by atoms with Gasteiger partial charge in [0.1, 0.15) is 17.6 Å². The van der Waals surface area contributed by atoms with Crippen LogP contribution >= 0.6 is 0 Å². The van der Waals surface area contributed by atoms with Crippen LogP contribution in [-0.4, -0.2) is 19.3 Å². The van der Waals surface area contributed by atoms with E-state index >= 15 is 0 Å². The molecule has 1 amide bonds. The van der Waals surface area contributed by atoms with Crippen LogP contribution in [0.1, 0.15) is 49.8 Å². The van der Waals surface area contributed by atoms with Crippen molar-refractivity contribution in [2.24, 2.45) is 5.73 Å². The number of methoxy groups -OCH3 is 1. The van der Waals surface area contributed by atoms with E-state index in [1.54, 1.807) is 14.0 Å². The van der Waals surface area contributed by atoms with Crippen LogP contribution in [0.3, 0.4) is 0 Å². The molecular weight excluding hydrogens is 356 g/mol. The average molecular weight is 384 g/mol. The summed E-state index contributed by atoms with van der Waals surface area (Å²) in [7, 11) is 1.66. The molecule has 0 spiro atoms. The molecule has 3 rings (SSSR count). The Morgan fingerprint density at radius 2 is 1.89 bits per heavy atom. The summed E-state index contributed by atoms with van der Waals surface area (Å²) in [6, 6.07) is 13.8. The Bertz CT molecular complexity index is 786. The van der Waals surface area contributed by atoms with Gasteiger partial charge in [-0.05, 0) is 62.4 Å². The van der Waals surface area contributed by atoms with Gasteiger partial charge in [-0.3, -0.25) is 0 Å². The third kappa shape index (κ3) is 5.31. The molecule has 0 heterocycles. The third-order valence-electron chi connectivity index (χ3n) is 5.00. The number of rotatable bonds is 8. The van der Waals surface area contributed by atoms with E-state index < -0.39 is 12.2 Å². The highest BCUT2D eigenvalue weighted by atomic mass is 16.6. The number of nitrogens with one attached hydrogen (secondary N) is 1. The minimum atomic E-state index is -0.791. The lowest BCUT2D eigenvalue weighted by Gasteiger charge is -2.21. The topological polar surface area (TPSA) is 82.8 Å². The first-order chi connectivity index (χ1) is 13.5. The standard InChI is InChI=1S/C22H28N2O4/c1-15(27-22(23)25)20-12-9-17(13-21(20)28-19-5-3-4-6-19)24-14-16-7-10-18(26-2)11-8-16/h7-13,15,19,24H,3-6,14H2,1-2H3,(H2,23,25). The fraction of sp³-hybridized carbons (Fsp3) is 0.409. The molecule has 1 unspecified atom stereocenters. The van der Waals surface area contributed by atoms with Gasteiger partial charge in [0.2, 0.25) is 0 Å². The maximum atomic E-state index is 11.1. The zero-order chi connectivity index (χ0) is 19.9. The molecule has 1 fully saturated rings. The van der Waals surface area contributed by atoms with E-state index in [1.807, 2.05) is 42.5 Å². The van der Waals surface area contributed by atoms with Gasteiger partial charge in [-0.15, -0.1) is 0 Å². The number of primary amides is 1. The first-order valence-electron chi connectivity index (χ1n) is 9.68.